The minimum Gasteiger partial charge on any atom is -0.489 e. The third-order valence-electron chi connectivity index (χ3n) is 4.46. The zero-order chi connectivity index (χ0) is 20.4. The number of nitrogens with one attached hydrogen (secondary N) is 2. The summed E-state index contributed by atoms with van der Waals surface area (Å²) in [5.74, 6) is 0.699. The van der Waals surface area contributed by atoms with Gasteiger partial charge in [0.25, 0.3) is 0 Å². The number of anilines is 2. The third-order valence-corrected chi connectivity index (χ3v) is 4.92. The molecule has 2 aromatic heterocycles. The number of likely N-dealkylation sites (N-methyl/N-ethyl adjacent to an activating group) is 1. The van der Waals surface area contributed by atoms with Gasteiger partial charge in [0.15, 0.2) is 5.82 Å². The van der Waals surface area contributed by atoms with E-state index in [1.54, 1.807) is 30.5 Å². The van der Waals surface area contributed by atoms with Crippen LogP contribution in [0.3, 0.4) is 0 Å². The largest absolute Gasteiger partial charge is 0.489 e. The van der Waals surface area contributed by atoms with Gasteiger partial charge >= 0.3 is 0 Å². The van der Waals surface area contributed by atoms with Crippen LogP contribution in [0.4, 0.5) is 15.9 Å². The monoisotopic (exact) mass is 455 g/mol. The first kappa shape index (κ1) is 19.5. The lowest BCUT2D eigenvalue weighted by Crippen LogP contribution is -2.26. The first-order valence-corrected chi connectivity index (χ1v) is 9.92. The predicted octanol–water partition coefficient (Wildman–Crippen LogP) is 4.81. The molecule has 0 bridgehead atoms. The average Bonchev–Trinajstić information content (AvgIpc) is 2.70. The van der Waals surface area contributed by atoms with Crippen LogP contribution < -0.4 is 15.4 Å². The summed E-state index contributed by atoms with van der Waals surface area (Å²) in [6, 6.07) is 10.6. The quantitative estimate of drug-likeness (QED) is 0.434. The third kappa shape index (κ3) is 3.99. The van der Waals surface area contributed by atoms with Gasteiger partial charge in [0.1, 0.15) is 24.0 Å². The SMILES string of the molecule is CNC[C@@H](C)Oc1cc(Br)cc2ncnc(Nc3ccc4ncccc4c3F)c12. The van der Waals surface area contributed by atoms with E-state index in [9.17, 15) is 0 Å². The van der Waals surface area contributed by atoms with E-state index >= 15 is 4.39 Å². The topological polar surface area (TPSA) is 72.0 Å². The van der Waals surface area contributed by atoms with E-state index in [1.807, 2.05) is 26.1 Å². The number of benzene rings is 2. The highest BCUT2D eigenvalue weighted by atomic mass is 79.9. The molecule has 0 amide bonds. The van der Waals surface area contributed by atoms with Gasteiger partial charge in [-0.05, 0) is 50.4 Å². The Hall–Kier alpha value is -2.84. The molecule has 0 unspecified atom stereocenters. The van der Waals surface area contributed by atoms with Crippen molar-refractivity contribution in [3.8, 4) is 5.75 Å². The van der Waals surface area contributed by atoms with Crippen molar-refractivity contribution in [3.63, 3.8) is 0 Å². The Morgan fingerprint density at radius 3 is 2.83 bits per heavy atom. The number of halogens is 2. The first-order valence-electron chi connectivity index (χ1n) is 9.12. The van der Waals surface area contributed by atoms with E-state index in [4.69, 9.17) is 4.74 Å². The zero-order valence-corrected chi connectivity index (χ0v) is 17.5. The van der Waals surface area contributed by atoms with E-state index in [0.29, 0.717) is 45.6 Å². The van der Waals surface area contributed by atoms with Crippen LogP contribution in [-0.4, -0.2) is 34.6 Å². The van der Waals surface area contributed by atoms with Crippen LogP contribution in [0, 0.1) is 5.82 Å². The number of nitrogens with zero attached hydrogens (tertiary/aromatic N) is 3. The van der Waals surface area contributed by atoms with E-state index in [1.165, 1.54) is 6.33 Å². The Balaban J connectivity index is 1.81. The van der Waals surface area contributed by atoms with E-state index in [-0.39, 0.29) is 11.9 Å². The van der Waals surface area contributed by atoms with Gasteiger partial charge in [0, 0.05) is 22.6 Å². The summed E-state index contributed by atoms with van der Waals surface area (Å²) in [5.41, 5.74) is 1.59. The van der Waals surface area contributed by atoms with Crippen LogP contribution in [-0.2, 0) is 0 Å². The van der Waals surface area contributed by atoms with Crippen molar-refractivity contribution in [2.45, 2.75) is 13.0 Å². The number of rotatable bonds is 6. The van der Waals surface area contributed by atoms with Crippen molar-refractivity contribution in [2.24, 2.45) is 0 Å². The highest BCUT2D eigenvalue weighted by Crippen LogP contribution is 2.36. The van der Waals surface area contributed by atoms with Gasteiger partial charge in [-0.15, -0.1) is 0 Å². The molecule has 4 aromatic rings. The molecule has 4 rings (SSSR count). The molecule has 8 heteroatoms. The Labute approximate surface area is 175 Å². The van der Waals surface area contributed by atoms with Crippen LogP contribution in [0.25, 0.3) is 21.8 Å². The lowest BCUT2D eigenvalue weighted by Gasteiger charge is -2.18. The van der Waals surface area contributed by atoms with Gasteiger partial charge in [-0.3, -0.25) is 4.98 Å². The summed E-state index contributed by atoms with van der Waals surface area (Å²) in [5, 5.41) is 7.32. The molecule has 0 aliphatic rings. The number of fused-ring (bicyclic) bond motifs is 2. The fraction of sp³-hybridized carbons (Fsp3) is 0.190. The normalized spacial score (nSPS) is 12.3. The van der Waals surface area contributed by atoms with E-state index in [0.717, 1.165) is 4.47 Å². The van der Waals surface area contributed by atoms with E-state index < -0.39 is 0 Å². The van der Waals surface area contributed by atoms with Gasteiger partial charge in [-0.1, -0.05) is 15.9 Å². The summed E-state index contributed by atoms with van der Waals surface area (Å²) in [7, 11) is 1.87. The molecule has 2 heterocycles. The smallest absolute Gasteiger partial charge is 0.156 e. The fourth-order valence-electron chi connectivity index (χ4n) is 3.20. The summed E-state index contributed by atoms with van der Waals surface area (Å²) in [6.07, 6.45) is 3.01. The minimum absolute atomic E-state index is 0.0750. The molecule has 0 aliphatic heterocycles. The average molecular weight is 456 g/mol. The number of hydrogen-bond donors (Lipinski definition) is 2. The van der Waals surface area contributed by atoms with Gasteiger partial charge in [-0.2, -0.15) is 0 Å². The molecule has 2 N–H and O–H groups in total. The Morgan fingerprint density at radius 2 is 2.00 bits per heavy atom. The Kier molecular flexibility index (Phi) is 5.55. The molecule has 0 saturated carbocycles. The number of aromatic nitrogens is 3. The molecular weight excluding hydrogens is 437 g/mol. The standard InChI is InChI=1S/C21H19BrFN5O/c1-12(10-24-2)29-18-9-13(22)8-17-19(18)21(27-11-26-17)28-16-6-5-15-14(20(16)23)4-3-7-25-15/h3-9,11-12,24H,10H2,1-2H3,(H,26,27,28)/t12-/m1/s1. The van der Waals surface area contributed by atoms with Crippen molar-refractivity contribution in [2.75, 3.05) is 18.9 Å². The second kappa shape index (κ2) is 8.26. The second-order valence-corrected chi connectivity index (χ2v) is 7.54. The first-order chi connectivity index (χ1) is 14.1. The van der Waals surface area contributed by atoms with Crippen molar-refractivity contribution >= 4 is 49.2 Å². The predicted molar refractivity (Wildman–Crippen MR) is 116 cm³/mol. The maximum Gasteiger partial charge on any atom is 0.156 e. The van der Waals surface area contributed by atoms with Gasteiger partial charge in [-0.25, -0.2) is 14.4 Å². The molecule has 6 nitrogen and oxygen atoms in total. The highest BCUT2D eigenvalue weighted by molar-refractivity contribution is 9.10. The highest BCUT2D eigenvalue weighted by Gasteiger charge is 2.16. The molecule has 0 radical (unpaired) electrons. The number of pyridine rings is 1. The van der Waals surface area contributed by atoms with Crippen molar-refractivity contribution in [1.82, 2.24) is 20.3 Å². The van der Waals surface area contributed by atoms with Gasteiger partial charge in [0.05, 0.1) is 22.1 Å². The molecule has 1 atom stereocenters. The maximum atomic E-state index is 15.0. The molecule has 0 aliphatic carbocycles. The van der Waals surface area contributed by atoms with E-state index in [2.05, 4.69) is 41.5 Å². The second-order valence-electron chi connectivity index (χ2n) is 6.63. The lowest BCUT2D eigenvalue weighted by atomic mass is 10.1. The van der Waals surface area contributed by atoms with Crippen molar-refractivity contribution in [3.05, 3.63) is 59.2 Å². The summed E-state index contributed by atoms with van der Waals surface area (Å²) >= 11 is 3.50. The molecule has 148 valence electrons. The maximum absolute atomic E-state index is 15.0. The lowest BCUT2D eigenvalue weighted by molar-refractivity contribution is 0.223. The molecule has 2 aromatic carbocycles. The van der Waals surface area contributed by atoms with Crippen LogP contribution in [0.1, 0.15) is 6.92 Å². The molecular formula is C21H19BrFN5O. The van der Waals surface area contributed by atoms with Crippen molar-refractivity contribution < 1.29 is 9.13 Å². The summed E-state index contributed by atoms with van der Waals surface area (Å²) in [6.45, 7) is 2.65. The zero-order valence-electron chi connectivity index (χ0n) is 15.9. The molecule has 0 spiro atoms. The van der Waals surface area contributed by atoms with Crippen molar-refractivity contribution in [1.29, 1.82) is 0 Å². The molecule has 0 fully saturated rings. The van der Waals surface area contributed by atoms with Crippen LogP contribution in [0.15, 0.2) is 53.4 Å². The molecule has 0 saturated heterocycles. The Morgan fingerprint density at radius 1 is 1.14 bits per heavy atom. The number of ether oxygens (including phenoxy) is 1. The fourth-order valence-corrected chi connectivity index (χ4v) is 3.62. The Bertz CT molecular complexity index is 1190. The van der Waals surface area contributed by atoms with Crippen LogP contribution in [0.5, 0.6) is 5.75 Å². The molecule has 29 heavy (non-hydrogen) atoms. The minimum atomic E-state index is -0.384. The number of hydrogen-bond acceptors (Lipinski definition) is 6. The summed E-state index contributed by atoms with van der Waals surface area (Å²) < 4.78 is 22.0. The summed E-state index contributed by atoms with van der Waals surface area (Å²) in [4.78, 5) is 12.9. The van der Waals surface area contributed by atoms with Crippen LogP contribution in [0.2, 0.25) is 0 Å². The van der Waals surface area contributed by atoms with Gasteiger partial charge < -0.3 is 15.4 Å². The van der Waals surface area contributed by atoms with Crippen LogP contribution >= 0.6 is 15.9 Å². The van der Waals surface area contributed by atoms with Gasteiger partial charge in [0.2, 0.25) is 0 Å².